The molecule has 2 aromatic rings. The molecule has 0 amide bonds. The zero-order valence-corrected chi connectivity index (χ0v) is 13.0. The topological polar surface area (TPSA) is 79.1 Å². The number of nitrogens with zero attached hydrogens (tertiary/aromatic N) is 1. The summed E-state index contributed by atoms with van der Waals surface area (Å²) in [6, 6.07) is 10.6. The molecule has 0 heterocycles. The van der Waals surface area contributed by atoms with Crippen LogP contribution in [-0.2, 0) is 15.1 Å². The Morgan fingerprint density at radius 3 is 2.24 bits per heavy atom. The number of carbonyl (C=O) groups excluding carboxylic acids is 1. The summed E-state index contributed by atoms with van der Waals surface area (Å²) in [6.07, 6.45) is -3.92. The number of benzene rings is 2. The number of alkyl halides is 3. The Morgan fingerprint density at radius 1 is 1.12 bits per heavy atom. The third-order valence-electron chi connectivity index (χ3n) is 3.47. The van der Waals surface area contributed by atoms with Crippen LogP contribution in [0.25, 0.3) is 0 Å². The van der Waals surface area contributed by atoms with Gasteiger partial charge in [0.25, 0.3) is 5.60 Å². The van der Waals surface area contributed by atoms with E-state index < -0.39 is 23.3 Å². The molecular weight excluding hydrogens is 339 g/mol. The molecule has 1 atom stereocenters. The van der Waals surface area contributed by atoms with Gasteiger partial charge in [-0.2, -0.15) is 13.2 Å². The fourth-order valence-electron chi connectivity index (χ4n) is 2.07. The second kappa shape index (κ2) is 6.94. The lowest BCUT2D eigenvalue weighted by molar-refractivity contribution is -0.266. The second-order valence-corrected chi connectivity index (χ2v) is 5.06. The highest BCUT2D eigenvalue weighted by molar-refractivity contribution is 5.85. The second-order valence-electron chi connectivity index (χ2n) is 5.06. The number of aromatic hydroxyl groups is 1. The first-order chi connectivity index (χ1) is 11.7. The zero-order chi connectivity index (χ0) is 18.7. The molecule has 25 heavy (non-hydrogen) atoms. The van der Waals surface area contributed by atoms with E-state index in [2.05, 4.69) is 9.73 Å². The number of aliphatic hydroxyl groups is 1. The lowest BCUT2D eigenvalue weighted by atomic mass is 9.93. The molecule has 0 bridgehead atoms. The van der Waals surface area contributed by atoms with Crippen LogP contribution in [0.4, 0.5) is 18.9 Å². The SMILES string of the molecule is COC(=O)[C@@](O)(c1ccc(N=Cc2ccccc2O)cc1)C(F)(F)F. The van der Waals surface area contributed by atoms with Crippen LogP contribution in [-0.4, -0.2) is 35.7 Å². The van der Waals surface area contributed by atoms with Gasteiger partial charge >= 0.3 is 12.1 Å². The molecule has 0 saturated heterocycles. The minimum absolute atomic E-state index is 0.00000737. The Bertz CT molecular complexity index is 787. The van der Waals surface area contributed by atoms with Gasteiger partial charge in [-0.3, -0.25) is 4.99 Å². The van der Waals surface area contributed by atoms with Gasteiger partial charge in [0.1, 0.15) is 5.75 Å². The minimum atomic E-state index is -5.25. The molecule has 0 radical (unpaired) electrons. The lowest BCUT2D eigenvalue weighted by Gasteiger charge is -2.27. The number of phenolic OH excluding ortho intramolecular Hbond substituents is 1. The van der Waals surface area contributed by atoms with Gasteiger partial charge in [-0.1, -0.05) is 24.3 Å². The number of carbonyl (C=O) groups is 1. The predicted molar refractivity (Wildman–Crippen MR) is 83.8 cm³/mol. The van der Waals surface area contributed by atoms with E-state index in [0.29, 0.717) is 5.56 Å². The molecule has 0 aromatic heterocycles. The number of ether oxygens (including phenoxy) is 1. The number of para-hydroxylation sites is 1. The summed E-state index contributed by atoms with van der Waals surface area (Å²) in [5.74, 6) is -1.83. The average Bonchev–Trinajstić information content (AvgIpc) is 2.59. The molecule has 2 rings (SSSR count). The van der Waals surface area contributed by atoms with Gasteiger partial charge < -0.3 is 14.9 Å². The van der Waals surface area contributed by atoms with Crippen molar-refractivity contribution in [2.75, 3.05) is 7.11 Å². The largest absolute Gasteiger partial charge is 0.507 e. The summed E-state index contributed by atoms with van der Waals surface area (Å²) in [6.45, 7) is 0. The van der Waals surface area contributed by atoms with Gasteiger partial charge in [0.05, 0.1) is 12.8 Å². The van der Waals surface area contributed by atoms with E-state index in [1.807, 2.05) is 0 Å². The number of aliphatic imine (C=N–C) groups is 1. The maximum Gasteiger partial charge on any atom is 0.432 e. The number of phenols is 1. The van der Waals surface area contributed by atoms with Crippen LogP contribution in [0, 0.1) is 0 Å². The average molecular weight is 353 g/mol. The van der Waals surface area contributed by atoms with Crippen molar-refractivity contribution in [3.05, 3.63) is 59.7 Å². The predicted octanol–water partition coefficient (Wildman–Crippen LogP) is 3.07. The van der Waals surface area contributed by atoms with Gasteiger partial charge in [-0.15, -0.1) is 0 Å². The van der Waals surface area contributed by atoms with Gasteiger partial charge in [-0.05, 0) is 24.3 Å². The summed E-state index contributed by atoms with van der Waals surface area (Å²) in [5, 5.41) is 19.5. The van der Waals surface area contributed by atoms with E-state index >= 15 is 0 Å². The monoisotopic (exact) mass is 353 g/mol. The summed E-state index contributed by atoms with van der Waals surface area (Å²) >= 11 is 0. The van der Waals surface area contributed by atoms with E-state index in [9.17, 15) is 28.2 Å². The normalized spacial score (nSPS) is 14.3. The van der Waals surface area contributed by atoms with Crippen LogP contribution in [0.2, 0.25) is 0 Å². The number of esters is 1. The Labute approximate surface area is 141 Å². The Hall–Kier alpha value is -2.87. The van der Waals surface area contributed by atoms with Crippen molar-refractivity contribution in [2.24, 2.45) is 4.99 Å². The third-order valence-corrected chi connectivity index (χ3v) is 3.47. The highest BCUT2D eigenvalue weighted by Gasteiger charge is 2.62. The molecule has 2 N–H and O–H groups in total. The van der Waals surface area contributed by atoms with Crippen LogP contribution >= 0.6 is 0 Å². The van der Waals surface area contributed by atoms with Crippen LogP contribution in [0.5, 0.6) is 5.75 Å². The van der Waals surface area contributed by atoms with E-state index in [1.165, 1.54) is 24.4 Å². The fourth-order valence-corrected chi connectivity index (χ4v) is 2.07. The van der Waals surface area contributed by atoms with E-state index in [1.54, 1.807) is 18.2 Å². The zero-order valence-electron chi connectivity index (χ0n) is 13.0. The number of halogens is 3. The first-order valence-electron chi connectivity index (χ1n) is 7.00. The smallest absolute Gasteiger partial charge is 0.432 e. The minimum Gasteiger partial charge on any atom is -0.507 e. The summed E-state index contributed by atoms with van der Waals surface area (Å²) in [7, 11) is 0.754. The van der Waals surface area contributed by atoms with Gasteiger partial charge in [-0.25, -0.2) is 4.79 Å². The van der Waals surface area contributed by atoms with E-state index in [4.69, 9.17) is 0 Å². The van der Waals surface area contributed by atoms with Crippen molar-refractivity contribution in [3.63, 3.8) is 0 Å². The van der Waals surface area contributed by atoms with Crippen molar-refractivity contribution < 1.29 is 32.9 Å². The van der Waals surface area contributed by atoms with Crippen molar-refractivity contribution in [2.45, 2.75) is 11.8 Å². The Balaban J connectivity index is 2.32. The molecule has 0 aliphatic heterocycles. The molecule has 8 heteroatoms. The molecule has 0 aliphatic rings. The Kier molecular flexibility index (Phi) is 5.13. The summed E-state index contributed by atoms with van der Waals surface area (Å²) < 4.78 is 43.5. The lowest BCUT2D eigenvalue weighted by Crippen LogP contribution is -2.49. The molecule has 0 aliphatic carbocycles. The van der Waals surface area contributed by atoms with Crippen molar-refractivity contribution in [1.29, 1.82) is 0 Å². The quantitative estimate of drug-likeness (QED) is 0.654. The van der Waals surface area contributed by atoms with Crippen molar-refractivity contribution >= 4 is 17.9 Å². The van der Waals surface area contributed by atoms with Crippen LogP contribution < -0.4 is 0 Å². The van der Waals surface area contributed by atoms with Crippen LogP contribution in [0.3, 0.4) is 0 Å². The maximum atomic E-state index is 13.1. The molecular formula is C17H14F3NO4. The van der Waals surface area contributed by atoms with Crippen LogP contribution in [0.1, 0.15) is 11.1 Å². The van der Waals surface area contributed by atoms with Gasteiger partial charge in [0.15, 0.2) is 0 Å². The third kappa shape index (κ3) is 3.63. The number of rotatable bonds is 4. The fraction of sp³-hybridized carbons (Fsp3) is 0.176. The molecule has 2 aromatic carbocycles. The first kappa shape index (κ1) is 18.5. The summed E-state index contributed by atoms with van der Waals surface area (Å²) in [5.41, 5.74) is -3.76. The number of hydrogen-bond donors (Lipinski definition) is 2. The molecule has 0 saturated carbocycles. The maximum absolute atomic E-state index is 13.1. The number of methoxy groups -OCH3 is 1. The molecule has 0 spiro atoms. The first-order valence-corrected chi connectivity index (χ1v) is 7.00. The molecule has 0 fully saturated rings. The highest BCUT2D eigenvalue weighted by atomic mass is 19.4. The number of hydrogen-bond acceptors (Lipinski definition) is 5. The van der Waals surface area contributed by atoms with E-state index in [-0.39, 0.29) is 11.4 Å². The van der Waals surface area contributed by atoms with Gasteiger partial charge in [0.2, 0.25) is 0 Å². The summed E-state index contributed by atoms with van der Waals surface area (Å²) in [4.78, 5) is 15.5. The molecule has 132 valence electrons. The molecule has 5 nitrogen and oxygen atoms in total. The van der Waals surface area contributed by atoms with E-state index in [0.717, 1.165) is 19.2 Å². The standard InChI is InChI=1S/C17H14F3NO4/c1-25-15(23)16(24,17(18,19)20)12-6-8-13(9-7-12)21-10-11-4-2-3-5-14(11)22/h2-10,22,24H,1H3/t16-/m0/s1. The van der Waals surface area contributed by atoms with Crippen molar-refractivity contribution in [1.82, 2.24) is 0 Å². The highest BCUT2D eigenvalue weighted by Crippen LogP contribution is 2.40. The molecule has 0 unspecified atom stereocenters. The van der Waals surface area contributed by atoms with Crippen molar-refractivity contribution in [3.8, 4) is 5.75 Å². The van der Waals surface area contributed by atoms with Crippen LogP contribution in [0.15, 0.2) is 53.5 Å². The van der Waals surface area contributed by atoms with Gasteiger partial charge in [0, 0.05) is 17.3 Å². The Morgan fingerprint density at radius 2 is 1.72 bits per heavy atom.